The number of rotatable bonds is 6. The molecule has 0 bridgehead atoms. The number of carbonyl (C=O) groups excluding carboxylic acids is 1. The summed E-state index contributed by atoms with van der Waals surface area (Å²) in [7, 11) is 1.82. The van der Waals surface area contributed by atoms with Crippen molar-refractivity contribution in [2.45, 2.75) is 13.3 Å². The van der Waals surface area contributed by atoms with E-state index in [2.05, 4.69) is 15.6 Å². The number of fused-ring (bicyclic) bond motifs is 1. The minimum Gasteiger partial charge on any atom is -0.494 e. The van der Waals surface area contributed by atoms with Gasteiger partial charge in [0.15, 0.2) is 5.13 Å². The average molecular weight is 279 g/mol. The smallest absolute Gasteiger partial charge is 0.227 e. The predicted molar refractivity (Wildman–Crippen MR) is 78.0 cm³/mol. The predicted octanol–water partition coefficient (Wildman–Crippen LogP) is 2.24. The summed E-state index contributed by atoms with van der Waals surface area (Å²) in [5.74, 6) is 0.796. The maximum Gasteiger partial charge on any atom is 0.227 e. The highest BCUT2D eigenvalue weighted by molar-refractivity contribution is 7.22. The van der Waals surface area contributed by atoms with Crippen LogP contribution in [0.3, 0.4) is 0 Å². The molecule has 2 N–H and O–H groups in total. The molecule has 0 unspecified atom stereocenters. The summed E-state index contributed by atoms with van der Waals surface area (Å²) in [4.78, 5) is 16.0. The Morgan fingerprint density at radius 2 is 2.32 bits per heavy atom. The third kappa shape index (κ3) is 3.65. The molecule has 0 saturated heterocycles. The summed E-state index contributed by atoms with van der Waals surface area (Å²) in [5, 5.41) is 6.37. The molecule has 0 aliphatic heterocycles. The molecule has 1 aromatic heterocycles. The summed E-state index contributed by atoms with van der Waals surface area (Å²) >= 11 is 1.46. The number of carbonyl (C=O) groups is 1. The van der Waals surface area contributed by atoms with Crippen molar-refractivity contribution in [1.82, 2.24) is 10.3 Å². The first-order valence-corrected chi connectivity index (χ1v) is 7.02. The van der Waals surface area contributed by atoms with Gasteiger partial charge < -0.3 is 15.4 Å². The monoisotopic (exact) mass is 279 g/mol. The van der Waals surface area contributed by atoms with E-state index < -0.39 is 0 Å². The number of amides is 1. The van der Waals surface area contributed by atoms with Crippen LogP contribution in [0.15, 0.2) is 18.2 Å². The highest BCUT2D eigenvalue weighted by Crippen LogP contribution is 2.29. The Hall–Kier alpha value is -1.66. The van der Waals surface area contributed by atoms with Crippen LogP contribution >= 0.6 is 11.3 Å². The quantitative estimate of drug-likeness (QED) is 0.851. The Balaban J connectivity index is 2.10. The zero-order chi connectivity index (χ0) is 13.7. The van der Waals surface area contributed by atoms with Crippen LogP contribution in [0.25, 0.3) is 10.2 Å². The molecule has 1 aromatic carbocycles. The van der Waals surface area contributed by atoms with E-state index in [9.17, 15) is 4.79 Å². The Morgan fingerprint density at radius 3 is 3.05 bits per heavy atom. The van der Waals surface area contributed by atoms with Gasteiger partial charge in [-0.05, 0) is 32.2 Å². The lowest BCUT2D eigenvalue weighted by molar-refractivity contribution is -0.116. The fourth-order valence-electron chi connectivity index (χ4n) is 1.64. The molecule has 0 radical (unpaired) electrons. The van der Waals surface area contributed by atoms with Crippen molar-refractivity contribution in [3.05, 3.63) is 18.2 Å². The Labute approximate surface area is 116 Å². The van der Waals surface area contributed by atoms with Crippen molar-refractivity contribution in [3.63, 3.8) is 0 Å². The van der Waals surface area contributed by atoms with Gasteiger partial charge in [-0.25, -0.2) is 4.98 Å². The molecule has 0 aliphatic carbocycles. The van der Waals surface area contributed by atoms with Gasteiger partial charge >= 0.3 is 0 Å². The van der Waals surface area contributed by atoms with Gasteiger partial charge in [-0.2, -0.15) is 0 Å². The van der Waals surface area contributed by atoms with E-state index >= 15 is 0 Å². The molecule has 0 fully saturated rings. The summed E-state index contributed by atoms with van der Waals surface area (Å²) in [6, 6.07) is 5.73. The van der Waals surface area contributed by atoms with E-state index in [0.29, 0.717) is 24.7 Å². The molecule has 5 nitrogen and oxygen atoms in total. The second kappa shape index (κ2) is 6.49. The van der Waals surface area contributed by atoms with Crippen LogP contribution in [0.1, 0.15) is 13.3 Å². The first-order chi connectivity index (χ1) is 9.22. The molecule has 6 heteroatoms. The molecule has 19 heavy (non-hydrogen) atoms. The lowest BCUT2D eigenvalue weighted by Gasteiger charge is -2.00. The number of hydrogen-bond donors (Lipinski definition) is 2. The summed E-state index contributed by atoms with van der Waals surface area (Å²) in [6.45, 7) is 3.24. The Bertz CT molecular complexity index is 568. The second-order valence-electron chi connectivity index (χ2n) is 3.98. The van der Waals surface area contributed by atoms with Crippen LogP contribution in [-0.4, -0.2) is 31.1 Å². The number of thiazole rings is 1. The van der Waals surface area contributed by atoms with Gasteiger partial charge in [0.1, 0.15) is 5.75 Å². The number of aromatic nitrogens is 1. The highest BCUT2D eigenvalue weighted by Gasteiger charge is 2.08. The zero-order valence-corrected chi connectivity index (χ0v) is 11.8. The largest absolute Gasteiger partial charge is 0.494 e. The maximum absolute atomic E-state index is 11.6. The Morgan fingerprint density at radius 1 is 1.47 bits per heavy atom. The molecule has 2 aromatic rings. The Kier molecular flexibility index (Phi) is 4.70. The SMILES string of the molecule is CCOc1ccc2nc(NC(=O)CCNC)sc2c1. The van der Waals surface area contributed by atoms with Gasteiger partial charge in [0.05, 0.1) is 16.8 Å². The summed E-state index contributed by atoms with van der Waals surface area (Å²) < 4.78 is 6.45. The van der Waals surface area contributed by atoms with Crippen LogP contribution in [0.4, 0.5) is 5.13 Å². The number of benzene rings is 1. The molecule has 2 rings (SSSR count). The van der Waals surface area contributed by atoms with Gasteiger partial charge in [-0.1, -0.05) is 11.3 Å². The lowest BCUT2D eigenvalue weighted by atomic mass is 10.3. The number of anilines is 1. The van der Waals surface area contributed by atoms with Gasteiger partial charge in [0.25, 0.3) is 0 Å². The third-order valence-corrected chi connectivity index (χ3v) is 3.45. The van der Waals surface area contributed by atoms with Gasteiger partial charge in [0, 0.05) is 13.0 Å². The summed E-state index contributed by atoms with van der Waals surface area (Å²) in [5.41, 5.74) is 0.873. The van der Waals surface area contributed by atoms with E-state index in [1.54, 1.807) is 0 Å². The zero-order valence-electron chi connectivity index (χ0n) is 11.0. The van der Waals surface area contributed by atoms with Crippen LogP contribution in [0, 0.1) is 0 Å². The maximum atomic E-state index is 11.6. The molecule has 0 aliphatic rings. The molecule has 1 amide bonds. The van der Waals surface area contributed by atoms with Gasteiger partial charge in [-0.3, -0.25) is 4.79 Å². The van der Waals surface area contributed by atoms with E-state index in [4.69, 9.17) is 4.74 Å². The molecular formula is C13H17N3O2S. The van der Waals surface area contributed by atoms with Crippen LogP contribution in [0.2, 0.25) is 0 Å². The fourth-order valence-corrected chi connectivity index (χ4v) is 2.55. The van der Waals surface area contributed by atoms with E-state index in [1.807, 2.05) is 32.2 Å². The molecule has 1 heterocycles. The topological polar surface area (TPSA) is 63.2 Å². The van der Waals surface area contributed by atoms with E-state index in [0.717, 1.165) is 16.0 Å². The molecule has 0 atom stereocenters. The van der Waals surface area contributed by atoms with Crippen LogP contribution < -0.4 is 15.4 Å². The van der Waals surface area contributed by atoms with Crippen molar-refractivity contribution in [2.24, 2.45) is 0 Å². The van der Waals surface area contributed by atoms with E-state index in [-0.39, 0.29) is 5.91 Å². The van der Waals surface area contributed by atoms with Crippen LogP contribution in [0.5, 0.6) is 5.75 Å². The number of ether oxygens (including phenoxy) is 1. The summed E-state index contributed by atoms with van der Waals surface area (Å²) in [6.07, 6.45) is 0.441. The molecule has 0 spiro atoms. The van der Waals surface area contributed by atoms with Crippen LogP contribution in [-0.2, 0) is 4.79 Å². The average Bonchev–Trinajstić information content (AvgIpc) is 2.78. The number of nitrogens with one attached hydrogen (secondary N) is 2. The fraction of sp³-hybridized carbons (Fsp3) is 0.385. The van der Waals surface area contributed by atoms with E-state index in [1.165, 1.54) is 11.3 Å². The molecule has 0 saturated carbocycles. The number of nitrogens with zero attached hydrogens (tertiary/aromatic N) is 1. The lowest BCUT2D eigenvalue weighted by Crippen LogP contribution is -2.18. The van der Waals surface area contributed by atoms with Crippen molar-refractivity contribution >= 4 is 32.6 Å². The van der Waals surface area contributed by atoms with Crippen molar-refractivity contribution in [1.29, 1.82) is 0 Å². The molecule has 102 valence electrons. The molecular weight excluding hydrogens is 262 g/mol. The van der Waals surface area contributed by atoms with Crippen molar-refractivity contribution < 1.29 is 9.53 Å². The van der Waals surface area contributed by atoms with Crippen molar-refractivity contribution in [2.75, 3.05) is 25.5 Å². The van der Waals surface area contributed by atoms with Crippen molar-refractivity contribution in [3.8, 4) is 5.75 Å². The first kappa shape index (κ1) is 13.8. The normalized spacial score (nSPS) is 10.6. The second-order valence-corrected chi connectivity index (χ2v) is 5.01. The third-order valence-electron chi connectivity index (χ3n) is 2.52. The first-order valence-electron chi connectivity index (χ1n) is 6.20. The van der Waals surface area contributed by atoms with Gasteiger partial charge in [-0.15, -0.1) is 0 Å². The standard InChI is InChI=1S/C13H17N3O2S/c1-3-18-9-4-5-10-11(8-9)19-13(15-10)16-12(17)6-7-14-2/h4-5,8,14H,3,6-7H2,1-2H3,(H,15,16,17). The number of hydrogen-bond acceptors (Lipinski definition) is 5. The minimum absolute atomic E-state index is 0.0292. The highest BCUT2D eigenvalue weighted by atomic mass is 32.1. The minimum atomic E-state index is -0.0292. The van der Waals surface area contributed by atoms with Gasteiger partial charge in [0.2, 0.25) is 5.91 Å².